The van der Waals surface area contributed by atoms with E-state index in [1.54, 1.807) is 4.90 Å². The van der Waals surface area contributed by atoms with Crippen LogP contribution in [0.15, 0.2) is 11.0 Å². The van der Waals surface area contributed by atoms with Gasteiger partial charge in [-0.15, -0.1) is 5.10 Å². The normalized spacial score (nSPS) is 21.7. The van der Waals surface area contributed by atoms with Crippen molar-refractivity contribution in [2.24, 2.45) is 5.92 Å². The average molecular weight is 363 g/mol. The fraction of sp³-hybridized carbons (Fsp3) is 0.625. The summed E-state index contributed by atoms with van der Waals surface area (Å²) in [7, 11) is 0. The van der Waals surface area contributed by atoms with E-state index in [-0.39, 0.29) is 11.5 Å². The van der Waals surface area contributed by atoms with E-state index >= 15 is 0 Å². The van der Waals surface area contributed by atoms with Gasteiger partial charge in [-0.05, 0) is 18.8 Å². The van der Waals surface area contributed by atoms with E-state index in [1.807, 2.05) is 0 Å². The molecule has 0 aliphatic carbocycles. The number of nitrogens with zero attached hydrogens (tertiary/aromatic N) is 5. The average Bonchev–Trinajstić information content (AvgIpc) is 3.08. The van der Waals surface area contributed by atoms with Gasteiger partial charge >= 0.3 is 0 Å². The predicted molar refractivity (Wildman–Crippen MR) is 94.5 cm³/mol. The number of aromatic nitrogens is 3. The lowest BCUT2D eigenvalue weighted by Crippen LogP contribution is -2.43. The lowest BCUT2D eigenvalue weighted by Gasteiger charge is -2.30. The highest BCUT2D eigenvalue weighted by Crippen LogP contribution is 2.26. The minimum atomic E-state index is -0.394. The largest absolute Gasteiger partial charge is 0.378 e. The van der Waals surface area contributed by atoms with E-state index in [2.05, 4.69) is 21.9 Å². The number of piperidine rings is 1. The van der Waals surface area contributed by atoms with Crippen molar-refractivity contribution >= 4 is 27.3 Å². The number of amides is 1. The van der Waals surface area contributed by atoms with E-state index in [1.165, 1.54) is 28.5 Å². The van der Waals surface area contributed by atoms with Gasteiger partial charge < -0.3 is 14.5 Å². The van der Waals surface area contributed by atoms with Crippen LogP contribution in [0.2, 0.25) is 0 Å². The molecule has 9 heteroatoms. The molecule has 2 saturated heterocycles. The molecule has 2 aliphatic heterocycles. The highest BCUT2D eigenvalue weighted by Gasteiger charge is 2.25. The second-order valence-corrected chi connectivity index (χ2v) is 7.59. The molecule has 1 atom stereocenters. The first-order valence-electron chi connectivity index (χ1n) is 8.64. The minimum Gasteiger partial charge on any atom is -0.378 e. The summed E-state index contributed by atoms with van der Waals surface area (Å²) in [6.45, 7) is 6.09. The van der Waals surface area contributed by atoms with Gasteiger partial charge in [0.1, 0.15) is 5.56 Å². The van der Waals surface area contributed by atoms with Crippen LogP contribution in [0.4, 0.5) is 5.13 Å². The van der Waals surface area contributed by atoms with Crippen LogP contribution in [0.5, 0.6) is 0 Å². The van der Waals surface area contributed by atoms with Crippen LogP contribution >= 0.6 is 11.3 Å². The molecule has 2 fully saturated rings. The molecule has 0 aromatic carbocycles. The van der Waals surface area contributed by atoms with Gasteiger partial charge in [-0.1, -0.05) is 18.3 Å². The zero-order valence-electron chi connectivity index (χ0n) is 14.2. The molecule has 1 amide bonds. The van der Waals surface area contributed by atoms with Crippen LogP contribution in [0.1, 0.15) is 30.1 Å². The quantitative estimate of drug-likeness (QED) is 0.787. The molecule has 8 nitrogen and oxygen atoms in total. The van der Waals surface area contributed by atoms with Crippen LogP contribution < -0.4 is 10.5 Å². The first-order chi connectivity index (χ1) is 12.1. The molecule has 0 unspecified atom stereocenters. The standard InChI is InChI=1S/C16H21N5O3S/c1-11-3-2-4-20(10-11)16-18-21-14(23)12(9-17-15(21)25-16)13(22)19-5-7-24-8-6-19/h9,11H,2-8,10H2,1H3/t11-/m1/s1. The van der Waals surface area contributed by atoms with E-state index in [0.29, 0.717) is 37.2 Å². The number of hydrogen-bond donors (Lipinski definition) is 0. The van der Waals surface area contributed by atoms with Gasteiger partial charge in [0.15, 0.2) is 0 Å². The smallest absolute Gasteiger partial charge is 0.288 e. The third-order valence-corrected chi connectivity index (χ3v) is 5.72. The SMILES string of the molecule is C[C@@H]1CCCN(c2nn3c(=O)c(C(=O)N4CCOCC4)cnc3s2)C1. The zero-order valence-corrected chi connectivity index (χ0v) is 15.0. The Morgan fingerprint density at radius 3 is 2.88 bits per heavy atom. The Labute approximate surface area is 149 Å². The zero-order chi connectivity index (χ0) is 17.4. The van der Waals surface area contributed by atoms with Gasteiger partial charge in [0.25, 0.3) is 11.5 Å². The molecule has 134 valence electrons. The predicted octanol–water partition coefficient (Wildman–Crippen LogP) is 0.860. The first-order valence-corrected chi connectivity index (χ1v) is 9.46. The van der Waals surface area contributed by atoms with Crippen molar-refractivity contribution in [2.45, 2.75) is 19.8 Å². The molecule has 4 heterocycles. The number of anilines is 1. The first kappa shape index (κ1) is 16.5. The summed E-state index contributed by atoms with van der Waals surface area (Å²) in [4.78, 5) is 34.0. The molecule has 4 rings (SSSR count). The summed E-state index contributed by atoms with van der Waals surface area (Å²) >= 11 is 1.40. The number of hydrogen-bond acceptors (Lipinski definition) is 7. The number of carbonyl (C=O) groups is 1. The maximum Gasteiger partial charge on any atom is 0.288 e. The Morgan fingerprint density at radius 2 is 2.12 bits per heavy atom. The molecule has 0 bridgehead atoms. The van der Waals surface area contributed by atoms with E-state index in [9.17, 15) is 9.59 Å². The second-order valence-electron chi connectivity index (χ2n) is 6.65. The molecule has 2 aromatic heterocycles. The van der Waals surface area contributed by atoms with Crippen LogP contribution in [-0.2, 0) is 4.74 Å². The third kappa shape index (κ3) is 3.13. The highest BCUT2D eigenvalue weighted by molar-refractivity contribution is 7.20. The van der Waals surface area contributed by atoms with Crippen molar-refractivity contribution < 1.29 is 9.53 Å². The maximum absolute atomic E-state index is 12.7. The molecule has 0 spiro atoms. The molecule has 0 saturated carbocycles. The molecule has 2 aromatic rings. The van der Waals surface area contributed by atoms with Crippen molar-refractivity contribution in [1.29, 1.82) is 0 Å². The molecule has 25 heavy (non-hydrogen) atoms. The van der Waals surface area contributed by atoms with E-state index in [4.69, 9.17) is 4.74 Å². The summed E-state index contributed by atoms with van der Waals surface area (Å²) in [5.41, 5.74) is -0.322. The summed E-state index contributed by atoms with van der Waals surface area (Å²) in [5.74, 6) is 0.320. The lowest BCUT2D eigenvalue weighted by molar-refractivity contribution is 0.0301. The second kappa shape index (κ2) is 6.72. The van der Waals surface area contributed by atoms with Gasteiger partial charge in [-0.2, -0.15) is 4.52 Å². The minimum absolute atomic E-state index is 0.0725. The molecular weight excluding hydrogens is 342 g/mol. The van der Waals surface area contributed by atoms with E-state index < -0.39 is 5.56 Å². The topological polar surface area (TPSA) is 80.0 Å². The van der Waals surface area contributed by atoms with Gasteiger partial charge in [0.05, 0.1) is 13.2 Å². The van der Waals surface area contributed by atoms with Gasteiger partial charge in [-0.3, -0.25) is 9.59 Å². The molecule has 0 radical (unpaired) electrons. The lowest BCUT2D eigenvalue weighted by atomic mass is 10.0. The van der Waals surface area contributed by atoms with Crippen LogP contribution in [-0.4, -0.2) is 64.8 Å². The van der Waals surface area contributed by atoms with Crippen molar-refractivity contribution in [3.63, 3.8) is 0 Å². The van der Waals surface area contributed by atoms with Crippen molar-refractivity contribution in [1.82, 2.24) is 19.5 Å². The summed E-state index contributed by atoms with van der Waals surface area (Å²) in [6.07, 6.45) is 3.73. The fourth-order valence-electron chi connectivity index (χ4n) is 3.35. The van der Waals surface area contributed by atoms with Gasteiger partial charge in [0.2, 0.25) is 10.1 Å². The summed E-state index contributed by atoms with van der Waals surface area (Å²) < 4.78 is 6.53. The Balaban J connectivity index is 1.65. The van der Waals surface area contributed by atoms with Crippen LogP contribution in [0.3, 0.4) is 0 Å². The van der Waals surface area contributed by atoms with Crippen molar-refractivity contribution in [3.05, 3.63) is 22.1 Å². The summed E-state index contributed by atoms with van der Waals surface area (Å²) in [6, 6.07) is 0. The number of ether oxygens (including phenoxy) is 1. The fourth-order valence-corrected chi connectivity index (χ4v) is 4.25. The Bertz CT molecular complexity index is 842. The van der Waals surface area contributed by atoms with E-state index in [0.717, 1.165) is 24.6 Å². The van der Waals surface area contributed by atoms with Gasteiger partial charge in [0, 0.05) is 32.4 Å². The highest BCUT2D eigenvalue weighted by atomic mass is 32.1. The molecular formula is C16H21N5O3S. The monoisotopic (exact) mass is 363 g/mol. The third-order valence-electron chi connectivity index (χ3n) is 4.73. The number of carbonyl (C=O) groups excluding carboxylic acids is 1. The van der Waals surface area contributed by atoms with Crippen LogP contribution in [0.25, 0.3) is 4.96 Å². The Morgan fingerprint density at radius 1 is 1.32 bits per heavy atom. The number of morpholine rings is 1. The van der Waals surface area contributed by atoms with Crippen molar-refractivity contribution in [2.75, 3.05) is 44.3 Å². The Hall–Kier alpha value is -2.00. The summed E-state index contributed by atoms with van der Waals surface area (Å²) in [5, 5.41) is 5.25. The molecule has 0 N–H and O–H groups in total. The molecule has 2 aliphatic rings. The maximum atomic E-state index is 12.7. The van der Waals surface area contributed by atoms with Crippen molar-refractivity contribution in [3.8, 4) is 0 Å². The number of rotatable bonds is 2. The van der Waals surface area contributed by atoms with Gasteiger partial charge in [-0.25, -0.2) is 4.98 Å². The number of fused-ring (bicyclic) bond motifs is 1. The van der Waals surface area contributed by atoms with Crippen LogP contribution in [0, 0.1) is 5.92 Å². The Kier molecular flexibility index (Phi) is 4.43.